The Morgan fingerprint density at radius 1 is 1.02 bits per heavy atom. The Morgan fingerprint density at radius 2 is 1.71 bits per heavy atom. The van der Waals surface area contributed by atoms with Crippen molar-refractivity contribution in [2.75, 3.05) is 13.2 Å². The number of hydrogen-bond donors (Lipinski definition) is 1. The predicted molar refractivity (Wildman–Crippen MR) is 161 cm³/mol. The number of carbonyl (C=O) groups is 3. The number of allylic oxidation sites excluding steroid dienone is 4. The van der Waals surface area contributed by atoms with Crippen molar-refractivity contribution in [1.82, 2.24) is 5.32 Å². The molecule has 0 aromatic heterocycles. The van der Waals surface area contributed by atoms with Gasteiger partial charge in [-0.3, -0.25) is 14.4 Å². The minimum Gasteiger partial charge on any atom is -0.377 e. The number of fused-ring (bicyclic) bond motifs is 7. The summed E-state index contributed by atoms with van der Waals surface area (Å²) in [6.07, 6.45) is 12.3. The number of nitrogens with one attached hydrogen (secondary N) is 1. The highest BCUT2D eigenvalue weighted by Crippen LogP contribution is 2.75. The molecule has 0 aromatic rings. The molecule has 7 atom stereocenters. The van der Waals surface area contributed by atoms with Crippen LogP contribution >= 0.6 is 0 Å². The smallest absolute Gasteiger partial charge is 0.220 e. The summed E-state index contributed by atoms with van der Waals surface area (Å²) in [6.45, 7) is 16.9. The number of Topliss-reactive ketones (excluding diaryl/α,β-unsaturated/α-hetero) is 1. The molecule has 6 aliphatic rings. The quantitative estimate of drug-likeness (QED) is 0.413. The van der Waals surface area contributed by atoms with E-state index in [2.05, 4.69) is 46.0 Å². The van der Waals surface area contributed by atoms with Crippen molar-refractivity contribution in [3.63, 3.8) is 0 Å². The SMILES string of the molecule is CC1(C)CC[C@]2(CCC(=O)NC3COC3)CC[C@]3(C)C(C(=O)C=C4[C@@]5(C)C=C(C#N)C(=O)C(C)(C)[C@@H]5CC[C@]43C)C2C1. The van der Waals surface area contributed by atoms with Gasteiger partial charge < -0.3 is 10.1 Å². The van der Waals surface area contributed by atoms with Gasteiger partial charge in [-0.15, -0.1) is 0 Å². The highest BCUT2D eigenvalue weighted by Gasteiger charge is 2.69. The molecule has 6 nitrogen and oxygen atoms in total. The van der Waals surface area contributed by atoms with Gasteiger partial charge in [-0.25, -0.2) is 0 Å². The highest BCUT2D eigenvalue weighted by atomic mass is 16.5. The van der Waals surface area contributed by atoms with Crippen molar-refractivity contribution < 1.29 is 19.1 Å². The number of nitriles is 1. The van der Waals surface area contributed by atoms with Crippen molar-refractivity contribution >= 4 is 17.5 Å². The fourth-order valence-corrected chi connectivity index (χ4v) is 11.2. The fourth-order valence-electron chi connectivity index (χ4n) is 11.2. The summed E-state index contributed by atoms with van der Waals surface area (Å²) < 4.78 is 5.25. The van der Waals surface area contributed by atoms with Gasteiger partial charge in [0.25, 0.3) is 0 Å². The van der Waals surface area contributed by atoms with Gasteiger partial charge in [0.2, 0.25) is 5.91 Å². The van der Waals surface area contributed by atoms with Gasteiger partial charge in [0.1, 0.15) is 6.07 Å². The van der Waals surface area contributed by atoms with Crippen LogP contribution in [-0.2, 0) is 19.1 Å². The van der Waals surface area contributed by atoms with E-state index in [9.17, 15) is 19.6 Å². The zero-order valence-electron chi connectivity index (χ0n) is 26.8. The Hall–Kier alpha value is -2.26. The molecule has 0 aromatic carbocycles. The summed E-state index contributed by atoms with van der Waals surface area (Å²) in [5, 5.41) is 13.1. The maximum atomic E-state index is 14.6. The van der Waals surface area contributed by atoms with E-state index in [4.69, 9.17) is 4.74 Å². The average molecular weight is 575 g/mol. The van der Waals surface area contributed by atoms with Crippen LogP contribution < -0.4 is 5.32 Å². The summed E-state index contributed by atoms with van der Waals surface area (Å²) in [5.74, 6) is 0.486. The first-order chi connectivity index (χ1) is 19.5. The Bertz CT molecular complexity index is 1330. The Labute approximate surface area is 252 Å². The minimum absolute atomic E-state index is 0.00124. The Morgan fingerprint density at radius 3 is 2.36 bits per heavy atom. The van der Waals surface area contributed by atoms with Crippen LogP contribution in [0.2, 0.25) is 0 Å². The third kappa shape index (κ3) is 4.01. The van der Waals surface area contributed by atoms with Gasteiger partial charge >= 0.3 is 0 Å². The summed E-state index contributed by atoms with van der Waals surface area (Å²) in [4.78, 5) is 40.9. The van der Waals surface area contributed by atoms with E-state index in [1.165, 1.54) is 0 Å². The van der Waals surface area contributed by atoms with Crippen LogP contribution in [0.25, 0.3) is 0 Å². The van der Waals surface area contributed by atoms with Gasteiger partial charge in [0.05, 0.1) is 24.8 Å². The first-order valence-electron chi connectivity index (χ1n) is 16.3. The zero-order valence-corrected chi connectivity index (χ0v) is 26.8. The molecule has 4 fully saturated rings. The highest BCUT2D eigenvalue weighted by molar-refractivity contribution is 6.04. The van der Waals surface area contributed by atoms with Gasteiger partial charge in [-0.2, -0.15) is 5.26 Å². The van der Waals surface area contributed by atoms with Crippen molar-refractivity contribution in [3.05, 3.63) is 23.3 Å². The first-order valence-corrected chi connectivity index (χ1v) is 16.3. The maximum absolute atomic E-state index is 14.6. The van der Waals surface area contributed by atoms with Crippen LogP contribution in [0.15, 0.2) is 23.3 Å². The molecule has 1 heterocycles. The second-order valence-corrected chi connectivity index (χ2v) is 16.9. The molecule has 228 valence electrons. The fraction of sp³-hybridized carbons (Fsp3) is 0.778. The van der Waals surface area contributed by atoms with Gasteiger partial charge in [-0.05, 0) is 90.9 Å². The molecule has 42 heavy (non-hydrogen) atoms. The number of carbonyl (C=O) groups excluding carboxylic acids is 3. The molecular formula is C36H50N2O4. The molecule has 1 amide bonds. The number of ether oxygens (including phenoxy) is 1. The van der Waals surface area contributed by atoms with Gasteiger partial charge in [-0.1, -0.05) is 60.1 Å². The number of rotatable bonds is 4. The first kappa shape index (κ1) is 29.8. The van der Waals surface area contributed by atoms with Crippen molar-refractivity contribution in [2.24, 2.45) is 50.2 Å². The second kappa shape index (κ2) is 9.37. The van der Waals surface area contributed by atoms with Gasteiger partial charge in [0.15, 0.2) is 11.6 Å². The second-order valence-electron chi connectivity index (χ2n) is 16.9. The van der Waals surface area contributed by atoms with Crippen molar-refractivity contribution in [1.29, 1.82) is 5.26 Å². The van der Waals surface area contributed by atoms with E-state index < -0.39 is 10.8 Å². The lowest BCUT2D eigenvalue weighted by Crippen LogP contribution is -2.64. The molecule has 1 N–H and O–H groups in total. The molecule has 0 radical (unpaired) electrons. The van der Waals surface area contributed by atoms with Crippen LogP contribution in [0.1, 0.15) is 106 Å². The van der Waals surface area contributed by atoms with E-state index in [1.807, 2.05) is 26.0 Å². The number of amides is 1. The van der Waals surface area contributed by atoms with Crippen LogP contribution in [0.5, 0.6) is 0 Å². The van der Waals surface area contributed by atoms with Crippen LogP contribution in [0.3, 0.4) is 0 Å². The van der Waals surface area contributed by atoms with E-state index in [1.54, 1.807) is 0 Å². The van der Waals surface area contributed by atoms with Gasteiger partial charge in [0, 0.05) is 23.2 Å². The topological polar surface area (TPSA) is 96.3 Å². The normalized spacial score (nSPS) is 43.7. The Balaban J connectivity index is 1.40. The van der Waals surface area contributed by atoms with Crippen molar-refractivity contribution in [3.8, 4) is 6.07 Å². The Kier molecular flexibility index (Phi) is 6.65. The molecule has 0 spiro atoms. The molecule has 2 unspecified atom stereocenters. The van der Waals surface area contributed by atoms with Crippen LogP contribution in [0, 0.1) is 61.6 Å². The standard InChI is InChI=1S/C36H50N2O4/c1-31(2)12-14-36(11-9-28(40)38-23-20-42-21-23)15-13-35(7)29(24(36)18-31)25(39)16-27-33(5)17-22(19-37)30(41)32(3,4)26(33)8-10-34(27,35)6/h16-17,23-24,26,29H,8-15,18,20-21H2,1-7H3,(H,38,40)/t24?,26-,29?,33-,34+,35+,36+/m0/s1. The molecular weight excluding hydrogens is 524 g/mol. The molecule has 1 aliphatic heterocycles. The summed E-state index contributed by atoms with van der Waals surface area (Å²) in [5.41, 5.74) is -0.0490. The summed E-state index contributed by atoms with van der Waals surface area (Å²) >= 11 is 0. The van der Waals surface area contributed by atoms with Crippen molar-refractivity contribution in [2.45, 2.75) is 112 Å². The van der Waals surface area contributed by atoms with E-state index in [-0.39, 0.29) is 68.5 Å². The summed E-state index contributed by atoms with van der Waals surface area (Å²) in [7, 11) is 0. The summed E-state index contributed by atoms with van der Waals surface area (Å²) in [6, 6.07) is 2.35. The van der Waals surface area contributed by atoms with Crippen LogP contribution in [0.4, 0.5) is 0 Å². The molecule has 1 saturated heterocycles. The lowest BCUT2D eigenvalue weighted by atomic mass is 9.34. The van der Waals surface area contributed by atoms with E-state index in [0.29, 0.717) is 19.6 Å². The maximum Gasteiger partial charge on any atom is 0.220 e. The minimum atomic E-state index is -0.654. The van der Waals surface area contributed by atoms with E-state index in [0.717, 1.165) is 56.9 Å². The lowest BCUT2D eigenvalue weighted by Gasteiger charge is -2.69. The molecule has 0 bridgehead atoms. The third-order valence-corrected chi connectivity index (χ3v) is 13.9. The molecule has 6 heteroatoms. The molecule has 6 rings (SSSR count). The predicted octanol–water partition coefficient (Wildman–Crippen LogP) is 6.50. The van der Waals surface area contributed by atoms with Crippen LogP contribution in [-0.4, -0.2) is 36.7 Å². The van der Waals surface area contributed by atoms with E-state index >= 15 is 0 Å². The molecule has 3 saturated carbocycles. The number of ketones is 2. The number of hydrogen-bond acceptors (Lipinski definition) is 5. The average Bonchev–Trinajstić information content (AvgIpc) is 2.89. The molecule has 5 aliphatic carbocycles. The number of nitrogens with zero attached hydrogens (tertiary/aromatic N) is 1. The lowest BCUT2D eigenvalue weighted by molar-refractivity contribution is -0.173. The third-order valence-electron chi connectivity index (χ3n) is 13.9. The zero-order chi connectivity index (χ0) is 30.5. The monoisotopic (exact) mass is 574 g/mol. The largest absolute Gasteiger partial charge is 0.377 e.